The highest BCUT2D eigenvalue weighted by Gasteiger charge is 2.17. The van der Waals surface area contributed by atoms with E-state index in [1.165, 1.54) is 12.1 Å². The molecule has 0 atom stereocenters. The number of ether oxygens (including phenoxy) is 2. The fraction of sp³-hybridized carbons (Fsp3) is 0.667. The summed E-state index contributed by atoms with van der Waals surface area (Å²) in [7, 11) is -3.28. The van der Waals surface area contributed by atoms with Gasteiger partial charge in [0.1, 0.15) is 0 Å². The number of methoxy groups -OCH3 is 2. The number of hydrogen-bond acceptors (Lipinski definition) is 7. The molecule has 0 heterocycles. The van der Waals surface area contributed by atoms with E-state index in [0.717, 1.165) is 32.2 Å². The predicted molar refractivity (Wildman–Crippen MR) is 106 cm³/mol. The molecule has 0 aliphatic heterocycles. The quantitative estimate of drug-likeness (QED) is 0.419. The second kappa shape index (κ2) is 11.8. The first-order chi connectivity index (χ1) is 12.7. The monoisotopic (exact) mass is 421 g/mol. The normalized spacial score (nSPS) is 12.6. The summed E-state index contributed by atoms with van der Waals surface area (Å²) in [6.07, 6.45) is 2.83. The minimum absolute atomic E-state index is 0.0123. The van der Waals surface area contributed by atoms with Crippen LogP contribution in [0.2, 0.25) is 0 Å². The molecule has 1 rings (SSSR count). The molecule has 9 heteroatoms. The van der Waals surface area contributed by atoms with Gasteiger partial charge in [-0.1, -0.05) is 12.1 Å². The lowest BCUT2D eigenvalue weighted by Crippen LogP contribution is -2.32. The van der Waals surface area contributed by atoms with Gasteiger partial charge in [-0.15, -0.1) is 0 Å². The molecule has 0 saturated carbocycles. The van der Waals surface area contributed by atoms with Gasteiger partial charge in [0.25, 0.3) is 0 Å². The van der Waals surface area contributed by atoms with Gasteiger partial charge in [-0.3, -0.25) is 0 Å². The van der Waals surface area contributed by atoms with Crippen molar-refractivity contribution in [2.75, 3.05) is 59.1 Å². The summed E-state index contributed by atoms with van der Waals surface area (Å²) in [6, 6.07) is 6.08. The Morgan fingerprint density at radius 1 is 0.852 bits per heavy atom. The van der Waals surface area contributed by atoms with Gasteiger partial charge < -0.3 is 14.4 Å². The third kappa shape index (κ3) is 10.2. The molecule has 1 aromatic rings. The molecule has 0 aliphatic rings. The standard InChI is InChI=1S/C18H31NO6S2/c1-24-13-4-10-19(11-5-14-25-2)12-15-27(22,23)18-8-6-17(7-9-18)16-26(3,20)21/h6-9H,4-5,10-16H2,1-3H3. The molecule has 0 unspecified atom stereocenters. The van der Waals surface area contributed by atoms with E-state index in [4.69, 9.17) is 9.47 Å². The van der Waals surface area contributed by atoms with Crippen LogP contribution in [0.4, 0.5) is 0 Å². The van der Waals surface area contributed by atoms with E-state index >= 15 is 0 Å². The van der Waals surface area contributed by atoms with Crippen molar-refractivity contribution in [2.45, 2.75) is 23.5 Å². The Morgan fingerprint density at radius 3 is 1.81 bits per heavy atom. The number of sulfone groups is 2. The van der Waals surface area contributed by atoms with E-state index in [9.17, 15) is 16.8 Å². The molecule has 27 heavy (non-hydrogen) atoms. The van der Waals surface area contributed by atoms with Crippen molar-refractivity contribution in [3.63, 3.8) is 0 Å². The van der Waals surface area contributed by atoms with Crippen molar-refractivity contribution in [3.05, 3.63) is 29.8 Å². The summed E-state index contributed by atoms with van der Waals surface area (Å²) in [5.74, 6) is -0.0848. The fourth-order valence-corrected chi connectivity index (χ4v) is 4.75. The lowest BCUT2D eigenvalue weighted by atomic mass is 10.2. The summed E-state index contributed by atoms with van der Waals surface area (Å²) in [6.45, 7) is 3.23. The van der Waals surface area contributed by atoms with E-state index in [1.807, 2.05) is 0 Å². The number of nitrogens with zero attached hydrogens (tertiary/aromatic N) is 1. The van der Waals surface area contributed by atoms with Crippen LogP contribution in [0.25, 0.3) is 0 Å². The van der Waals surface area contributed by atoms with Crippen molar-refractivity contribution < 1.29 is 26.3 Å². The van der Waals surface area contributed by atoms with Gasteiger partial charge in [0.2, 0.25) is 0 Å². The van der Waals surface area contributed by atoms with Crippen molar-refractivity contribution in [1.29, 1.82) is 0 Å². The van der Waals surface area contributed by atoms with E-state index in [1.54, 1.807) is 26.4 Å². The van der Waals surface area contributed by atoms with Crippen molar-refractivity contribution >= 4 is 19.7 Å². The lowest BCUT2D eigenvalue weighted by Gasteiger charge is -2.22. The Balaban J connectivity index is 2.69. The number of hydrogen-bond donors (Lipinski definition) is 0. The average Bonchev–Trinajstić information content (AvgIpc) is 2.58. The molecule has 0 radical (unpaired) electrons. The first-order valence-electron chi connectivity index (χ1n) is 8.87. The maximum atomic E-state index is 12.6. The van der Waals surface area contributed by atoms with Gasteiger partial charge in [-0.2, -0.15) is 0 Å². The van der Waals surface area contributed by atoms with E-state index < -0.39 is 19.7 Å². The Bertz CT molecular complexity index is 735. The van der Waals surface area contributed by atoms with Crippen molar-refractivity contribution in [1.82, 2.24) is 4.90 Å². The summed E-state index contributed by atoms with van der Waals surface area (Å²) < 4.78 is 58.0. The van der Waals surface area contributed by atoms with Crippen LogP contribution in [0.15, 0.2) is 29.2 Å². The topological polar surface area (TPSA) is 90.0 Å². The molecular weight excluding hydrogens is 390 g/mol. The van der Waals surface area contributed by atoms with Crippen LogP contribution in [-0.4, -0.2) is 80.8 Å². The van der Waals surface area contributed by atoms with Crippen LogP contribution in [-0.2, 0) is 34.9 Å². The maximum absolute atomic E-state index is 12.6. The first kappa shape index (κ1) is 24.0. The lowest BCUT2D eigenvalue weighted by molar-refractivity contribution is 0.156. The molecule has 0 spiro atoms. The molecule has 0 bridgehead atoms. The highest BCUT2D eigenvalue weighted by Crippen LogP contribution is 2.14. The Kier molecular flexibility index (Phi) is 10.5. The second-order valence-corrected chi connectivity index (χ2v) is 10.8. The minimum Gasteiger partial charge on any atom is -0.385 e. The van der Waals surface area contributed by atoms with E-state index in [-0.39, 0.29) is 16.4 Å². The molecule has 0 aromatic heterocycles. The van der Waals surface area contributed by atoms with Gasteiger partial charge in [0.05, 0.1) is 16.4 Å². The Labute approximate surface area is 163 Å². The predicted octanol–water partition coefficient (Wildman–Crippen LogP) is 1.38. The minimum atomic E-state index is -3.43. The smallest absolute Gasteiger partial charge is 0.179 e. The fourth-order valence-electron chi connectivity index (χ4n) is 2.66. The van der Waals surface area contributed by atoms with Gasteiger partial charge in [0.15, 0.2) is 19.7 Å². The van der Waals surface area contributed by atoms with Crippen LogP contribution < -0.4 is 0 Å². The van der Waals surface area contributed by atoms with Crippen molar-refractivity contribution in [3.8, 4) is 0 Å². The molecule has 1 aromatic carbocycles. The largest absolute Gasteiger partial charge is 0.385 e. The molecule has 0 saturated heterocycles. The second-order valence-electron chi connectivity index (χ2n) is 6.57. The zero-order chi connectivity index (χ0) is 20.3. The van der Waals surface area contributed by atoms with E-state index in [2.05, 4.69) is 4.90 Å². The van der Waals surface area contributed by atoms with Gasteiger partial charge in [-0.05, 0) is 30.5 Å². The van der Waals surface area contributed by atoms with Crippen LogP contribution >= 0.6 is 0 Å². The zero-order valence-electron chi connectivity index (χ0n) is 16.4. The molecule has 7 nitrogen and oxygen atoms in total. The average molecular weight is 422 g/mol. The first-order valence-corrected chi connectivity index (χ1v) is 12.6. The Hall–Kier alpha value is -1.00. The number of rotatable bonds is 14. The Morgan fingerprint density at radius 2 is 1.37 bits per heavy atom. The maximum Gasteiger partial charge on any atom is 0.179 e. The van der Waals surface area contributed by atoms with Gasteiger partial charge in [-0.25, -0.2) is 16.8 Å². The highest BCUT2D eigenvalue weighted by atomic mass is 32.2. The summed E-state index contributed by atoms with van der Waals surface area (Å²) >= 11 is 0. The van der Waals surface area contributed by atoms with Crippen LogP contribution in [0.1, 0.15) is 18.4 Å². The van der Waals surface area contributed by atoms with Crippen LogP contribution in [0, 0.1) is 0 Å². The third-order valence-electron chi connectivity index (χ3n) is 4.03. The van der Waals surface area contributed by atoms with E-state index in [0.29, 0.717) is 25.3 Å². The summed E-state index contributed by atoms with van der Waals surface area (Å²) in [5, 5.41) is 0. The van der Waals surface area contributed by atoms with Crippen LogP contribution in [0.5, 0.6) is 0 Å². The number of benzene rings is 1. The third-order valence-corrected chi connectivity index (χ3v) is 6.60. The summed E-state index contributed by atoms with van der Waals surface area (Å²) in [4.78, 5) is 2.32. The molecule has 0 fully saturated rings. The molecule has 156 valence electrons. The highest BCUT2D eigenvalue weighted by molar-refractivity contribution is 7.91. The summed E-state index contributed by atoms with van der Waals surface area (Å²) in [5.41, 5.74) is 0.581. The molecular formula is C18H31NO6S2. The van der Waals surface area contributed by atoms with Crippen molar-refractivity contribution in [2.24, 2.45) is 0 Å². The SMILES string of the molecule is COCCCN(CCCOC)CCS(=O)(=O)c1ccc(CS(C)(=O)=O)cc1. The molecule has 0 aliphatic carbocycles. The zero-order valence-corrected chi connectivity index (χ0v) is 18.0. The molecule has 0 N–H and O–H groups in total. The van der Waals surface area contributed by atoms with Gasteiger partial charge >= 0.3 is 0 Å². The van der Waals surface area contributed by atoms with Crippen LogP contribution in [0.3, 0.4) is 0 Å². The molecule has 0 amide bonds. The van der Waals surface area contributed by atoms with Gasteiger partial charge in [0, 0.05) is 53.3 Å².